The Kier molecular flexibility index (Phi) is 7.68. The molecule has 0 aliphatic carbocycles. The van der Waals surface area contributed by atoms with E-state index in [1.807, 2.05) is 13.8 Å². The monoisotopic (exact) mass is 370 g/mol. The molecule has 142 valence electrons. The van der Waals surface area contributed by atoms with Gasteiger partial charge in [-0.2, -0.15) is 0 Å². The van der Waals surface area contributed by atoms with E-state index in [4.69, 9.17) is 9.47 Å². The van der Waals surface area contributed by atoms with Crippen LogP contribution in [-0.2, 0) is 14.8 Å². The normalized spacial score (nSPS) is 16.9. The summed E-state index contributed by atoms with van der Waals surface area (Å²) >= 11 is 0. The van der Waals surface area contributed by atoms with Gasteiger partial charge in [0, 0.05) is 20.2 Å². The fourth-order valence-electron chi connectivity index (χ4n) is 3.05. The van der Waals surface area contributed by atoms with E-state index in [1.165, 1.54) is 0 Å². The quantitative estimate of drug-likeness (QED) is 0.720. The van der Waals surface area contributed by atoms with Crippen molar-refractivity contribution < 1.29 is 17.9 Å². The Hall–Kier alpha value is -1.15. The predicted octanol–water partition coefficient (Wildman–Crippen LogP) is 2.03. The minimum absolute atomic E-state index is 0.297. The Labute approximate surface area is 151 Å². The Morgan fingerprint density at radius 2 is 2.00 bits per heavy atom. The molecule has 0 bridgehead atoms. The molecule has 1 heterocycles. The summed E-state index contributed by atoms with van der Waals surface area (Å²) in [5.41, 5.74) is 0.830. The zero-order valence-corrected chi connectivity index (χ0v) is 16.3. The molecule has 1 saturated heterocycles. The number of likely N-dealkylation sites (tertiary alicyclic amines) is 1. The summed E-state index contributed by atoms with van der Waals surface area (Å²) in [6.45, 7) is 8.51. The molecule has 7 heteroatoms. The van der Waals surface area contributed by atoms with E-state index < -0.39 is 10.0 Å². The molecule has 0 radical (unpaired) electrons. The van der Waals surface area contributed by atoms with Gasteiger partial charge in [-0.15, -0.1) is 0 Å². The molecule has 0 aromatic heterocycles. The van der Waals surface area contributed by atoms with Crippen molar-refractivity contribution in [1.82, 2.24) is 9.62 Å². The van der Waals surface area contributed by atoms with Gasteiger partial charge in [0.25, 0.3) is 0 Å². The molecule has 1 aliphatic heterocycles. The van der Waals surface area contributed by atoms with Gasteiger partial charge < -0.3 is 14.4 Å². The highest BCUT2D eigenvalue weighted by atomic mass is 32.2. The lowest BCUT2D eigenvalue weighted by molar-refractivity contribution is 0.121. The highest BCUT2D eigenvalue weighted by Crippen LogP contribution is 2.22. The minimum Gasteiger partial charge on any atom is -0.494 e. The van der Waals surface area contributed by atoms with Crippen LogP contribution < -0.4 is 9.46 Å². The first-order valence-corrected chi connectivity index (χ1v) is 10.4. The molecule has 1 aromatic rings. The number of rotatable bonds is 9. The second-order valence-electron chi connectivity index (χ2n) is 6.49. The number of nitrogens with zero attached hydrogens (tertiary/aromatic N) is 1. The highest BCUT2D eigenvalue weighted by Gasteiger charge is 2.22. The number of hydrogen-bond donors (Lipinski definition) is 1. The third-order valence-electron chi connectivity index (χ3n) is 4.64. The molecule has 0 unspecified atom stereocenters. The van der Waals surface area contributed by atoms with Crippen molar-refractivity contribution in [2.45, 2.75) is 31.6 Å². The first-order chi connectivity index (χ1) is 12.0. The summed E-state index contributed by atoms with van der Waals surface area (Å²) in [4.78, 5) is 2.66. The number of nitrogens with one attached hydrogen (secondary N) is 1. The van der Waals surface area contributed by atoms with E-state index in [1.54, 1.807) is 25.3 Å². The van der Waals surface area contributed by atoms with Crippen molar-refractivity contribution in [2.75, 3.05) is 46.5 Å². The van der Waals surface area contributed by atoms with Crippen molar-refractivity contribution in [1.29, 1.82) is 0 Å². The predicted molar refractivity (Wildman–Crippen MR) is 98.6 cm³/mol. The molecular weight excluding hydrogens is 340 g/mol. The van der Waals surface area contributed by atoms with Crippen molar-refractivity contribution in [3.05, 3.63) is 23.8 Å². The third kappa shape index (κ3) is 5.95. The van der Waals surface area contributed by atoms with Gasteiger partial charge in [-0.05, 0) is 69.5 Å². The first kappa shape index (κ1) is 20.2. The van der Waals surface area contributed by atoms with Gasteiger partial charge in [-0.3, -0.25) is 0 Å². The van der Waals surface area contributed by atoms with Crippen molar-refractivity contribution in [3.8, 4) is 5.75 Å². The van der Waals surface area contributed by atoms with Gasteiger partial charge >= 0.3 is 0 Å². The smallest absolute Gasteiger partial charge is 0.240 e. The lowest BCUT2D eigenvalue weighted by atomic mass is 9.97. The van der Waals surface area contributed by atoms with Gasteiger partial charge in [-0.1, -0.05) is 0 Å². The maximum absolute atomic E-state index is 12.5. The number of hydrogen-bond acceptors (Lipinski definition) is 5. The van der Waals surface area contributed by atoms with E-state index in [9.17, 15) is 8.42 Å². The Morgan fingerprint density at radius 3 is 2.60 bits per heavy atom. The van der Waals surface area contributed by atoms with Crippen LogP contribution in [0.4, 0.5) is 0 Å². The molecule has 6 nitrogen and oxygen atoms in total. The minimum atomic E-state index is -3.48. The Morgan fingerprint density at radius 1 is 1.28 bits per heavy atom. The number of sulfonamides is 1. The van der Waals surface area contributed by atoms with Crippen LogP contribution in [0, 0.1) is 12.8 Å². The second-order valence-corrected chi connectivity index (χ2v) is 8.26. The summed E-state index contributed by atoms with van der Waals surface area (Å²) in [7, 11) is -1.77. The van der Waals surface area contributed by atoms with Crippen LogP contribution >= 0.6 is 0 Å². The van der Waals surface area contributed by atoms with Crippen LogP contribution in [0.2, 0.25) is 0 Å². The molecule has 1 aliphatic rings. The number of piperidine rings is 1. The summed E-state index contributed by atoms with van der Waals surface area (Å²) in [5.74, 6) is 1.11. The maximum Gasteiger partial charge on any atom is 0.240 e. The maximum atomic E-state index is 12.5. The van der Waals surface area contributed by atoms with Crippen molar-refractivity contribution >= 4 is 10.0 Å². The van der Waals surface area contributed by atoms with Gasteiger partial charge in [0.2, 0.25) is 10.0 Å². The van der Waals surface area contributed by atoms with E-state index in [2.05, 4.69) is 9.62 Å². The van der Waals surface area contributed by atoms with E-state index >= 15 is 0 Å². The molecule has 0 spiro atoms. The second kappa shape index (κ2) is 9.52. The third-order valence-corrected chi connectivity index (χ3v) is 6.06. The van der Waals surface area contributed by atoms with Gasteiger partial charge in [0.05, 0.1) is 18.1 Å². The molecule has 0 atom stereocenters. The topological polar surface area (TPSA) is 67.9 Å². The summed E-state index contributed by atoms with van der Waals surface area (Å²) < 4.78 is 38.4. The molecule has 0 saturated carbocycles. The van der Waals surface area contributed by atoms with E-state index in [0.717, 1.165) is 50.4 Å². The average Bonchev–Trinajstić information content (AvgIpc) is 2.61. The van der Waals surface area contributed by atoms with Crippen LogP contribution in [0.25, 0.3) is 0 Å². The largest absolute Gasteiger partial charge is 0.494 e. The molecule has 2 rings (SSSR count). The number of methoxy groups -OCH3 is 1. The summed E-state index contributed by atoms with van der Waals surface area (Å²) in [5, 5.41) is 0. The zero-order chi connectivity index (χ0) is 18.3. The Balaban J connectivity index is 1.87. The summed E-state index contributed by atoms with van der Waals surface area (Å²) in [6, 6.07) is 5.00. The van der Waals surface area contributed by atoms with Crippen LogP contribution in [-0.4, -0.2) is 59.8 Å². The lowest BCUT2D eigenvalue weighted by Crippen LogP contribution is -2.39. The fraction of sp³-hybridized carbons (Fsp3) is 0.667. The summed E-state index contributed by atoms with van der Waals surface area (Å²) in [6.07, 6.45) is 2.02. The van der Waals surface area contributed by atoms with Crippen LogP contribution in [0.5, 0.6) is 5.75 Å². The standard InChI is InChI=1S/C18H30N2O4S/c1-4-24-18-6-5-17(13-15(18)2)25(21,22)19-14-16-7-9-20(10-8-16)11-12-23-3/h5-6,13,16,19H,4,7-12,14H2,1-3H3. The molecule has 1 aromatic carbocycles. The number of aryl methyl sites for hydroxylation is 1. The van der Waals surface area contributed by atoms with Crippen molar-refractivity contribution in [2.24, 2.45) is 5.92 Å². The number of benzene rings is 1. The van der Waals surface area contributed by atoms with Gasteiger partial charge in [0.1, 0.15) is 5.75 Å². The molecule has 1 N–H and O–H groups in total. The fourth-order valence-corrected chi connectivity index (χ4v) is 4.25. The van der Waals surface area contributed by atoms with Gasteiger partial charge in [0.15, 0.2) is 0 Å². The average molecular weight is 371 g/mol. The van der Waals surface area contributed by atoms with Crippen LogP contribution in [0.1, 0.15) is 25.3 Å². The SMILES string of the molecule is CCOc1ccc(S(=O)(=O)NCC2CCN(CCOC)CC2)cc1C. The highest BCUT2D eigenvalue weighted by molar-refractivity contribution is 7.89. The zero-order valence-electron chi connectivity index (χ0n) is 15.5. The molecular formula is C18H30N2O4S. The van der Waals surface area contributed by atoms with Crippen LogP contribution in [0.3, 0.4) is 0 Å². The van der Waals surface area contributed by atoms with E-state index in [0.29, 0.717) is 24.0 Å². The number of ether oxygens (including phenoxy) is 2. The molecule has 0 amide bonds. The van der Waals surface area contributed by atoms with Gasteiger partial charge in [-0.25, -0.2) is 13.1 Å². The molecule has 25 heavy (non-hydrogen) atoms. The molecule has 1 fully saturated rings. The Bertz CT molecular complexity index is 640. The van der Waals surface area contributed by atoms with Crippen LogP contribution in [0.15, 0.2) is 23.1 Å². The lowest BCUT2D eigenvalue weighted by Gasteiger charge is -2.31. The van der Waals surface area contributed by atoms with E-state index in [-0.39, 0.29) is 0 Å². The van der Waals surface area contributed by atoms with Crippen molar-refractivity contribution in [3.63, 3.8) is 0 Å². The first-order valence-electron chi connectivity index (χ1n) is 8.90.